The summed E-state index contributed by atoms with van der Waals surface area (Å²) in [7, 11) is -3.99. The summed E-state index contributed by atoms with van der Waals surface area (Å²) in [6.07, 6.45) is -4.35. The molecule has 0 saturated carbocycles. The second kappa shape index (κ2) is 6.90. The number of H-pyrrole nitrogens is 1. The summed E-state index contributed by atoms with van der Waals surface area (Å²) < 4.78 is 35.7. The van der Waals surface area contributed by atoms with E-state index in [2.05, 4.69) is 8.91 Å². The van der Waals surface area contributed by atoms with Gasteiger partial charge in [0.15, 0.2) is 6.23 Å². The zero-order chi connectivity index (χ0) is 17.2. The minimum Gasteiger partial charge on any atom is -0.387 e. The van der Waals surface area contributed by atoms with E-state index >= 15 is 0 Å². The lowest BCUT2D eigenvalue weighted by molar-refractivity contribution is -0.0510. The molecule has 2 heterocycles. The van der Waals surface area contributed by atoms with Crippen molar-refractivity contribution in [2.75, 3.05) is 13.2 Å². The van der Waals surface area contributed by atoms with Crippen molar-refractivity contribution in [2.45, 2.75) is 31.5 Å². The van der Waals surface area contributed by atoms with Gasteiger partial charge in [0.1, 0.15) is 18.3 Å². The highest BCUT2D eigenvalue weighted by atomic mass is 32.2. The van der Waals surface area contributed by atoms with Crippen molar-refractivity contribution in [3.8, 4) is 0 Å². The van der Waals surface area contributed by atoms with Crippen LogP contribution in [0.25, 0.3) is 0 Å². The second-order valence-corrected chi connectivity index (χ2v) is 6.23. The van der Waals surface area contributed by atoms with E-state index in [0.29, 0.717) is 0 Å². The Morgan fingerprint density at radius 2 is 2.09 bits per heavy atom. The molecule has 11 nitrogen and oxygen atoms in total. The van der Waals surface area contributed by atoms with Crippen LogP contribution in [0.2, 0.25) is 0 Å². The van der Waals surface area contributed by atoms with Crippen LogP contribution < -0.4 is 16.0 Å². The molecule has 1 saturated heterocycles. The fourth-order valence-electron chi connectivity index (χ4n) is 2.10. The average molecular weight is 351 g/mol. The summed E-state index contributed by atoms with van der Waals surface area (Å²) in [5.74, 6) is 0. The van der Waals surface area contributed by atoms with E-state index in [0.717, 1.165) is 16.8 Å². The Bertz CT molecular complexity index is 757. The predicted molar refractivity (Wildman–Crippen MR) is 75.8 cm³/mol. The minimum absolute atomic E-state index is 0.119. The van der Waals surface area contributed by atoms with Gasteiger partial charge in [-0.3, -0.25) is 18.5 Å². The molecule has 4 N–H and O–H groups in total. The number of rotatable bonds is 6. The minimum atomic E-state index is -3.99. The van der Waals surface area contributed by atoms with Crippen LogP contribution in [0, 0.1) is 0 Å². The second-order valence-electron chi connectivity index (χ2n) is 4.80. The highest BCUT2D eigenvalue weighted by Gasteiger charge is 2.44. The molecule has 4 atom stereocenters. The molecular weight excluding hydrogens is 334 g/mol. The lowest BCUT2D eigenvalue weighted by Crippen LogP contribution is -2.38. The van der Waals surface area contributed by atoms with Gasteiger partial charge < -0.3 is 14.9 Å². The van der Waals surface area contributed by atoms with Gasteiger partial charge in [-0.1, -0.05) is 6.92 Å². The Labute approximate surface area is 130 Å². The van der Waals surface area contributed by atoms with Crippen LogP contribution in [-0.2, 0) is 19.2 Å². The summed E-state index contributed by atoms with van der Waals surface area (Å²) in [6, 6.07) is 1.04. The standard InChI is InChI=1S/C11H17N3O8S/c1-2-12-23(19,20)21-5-6-8(16)9(17)10(22-6)14-4-3-7(15)13-11(14)18/h3-4,6,8-10,12,16-17H,2,5H2,1H3,(H,13,15,18)/t6-,8?,9?,10-/m1/s1. The zero-order valence-corrected chi connectivity index (χ0v) is 12.9. The van der Waals surface area contributed by atoms with E-state index < -0.39 is 52.7 Å². The number of nitrogens with one attached hydrogen (secondary N) is 2. The number of hydrogen-bond acceptors (Lipinski definition) is 8. The van der Waals surface area contributed by atoms with Crippen molar-refractivity contribution in [3.05, 3.63) is 33.1 Å². The molecule has 1 aliphatic heterocycles. The van der Waals surface area contributed by atoms with E-state index in [-0.39, 0.29) is 6.54 Å². The number of aromatic amines is 1. The monoisotopic (exact) mass is 351 g/mol. The number of aromatic nitrogens is 2. The van der Waals surface area contributed by atoms with E-state index in [1.165, 1.54) is 0 Å². The molecule has 130 valence electrons. The molecule has 1 fully saturated rings. The van der Waals surface area contributed by atoms with Crippen LogP contribution in [0.4, 0.5) is 0 Å². The summed E-state index contributed by atoms with van der Waals surface area (Å²) in [5.41, 5.74) is -1.47. The molecule has 0 aliphatic carbocycles. The molecule has 0 bridgehead atoms. The average Bonchev–Trinajstić information content (AvgIpc) is 2.73. The summed E-state index contributed by atoms with van der Waals surface area (Å²) in [5, 5.41) is 19.9. The summed E-state index contributed by atoms with van der Waals surface area (Å²) in [6.45, 7) is 1.13. The number of aliphatic hydroxyl groups excluding tert-OH is 2. The quantitative estimate of drug-likeness (QED) is 0.422. The normalized spacial score (nSPS) is 28.1. The van der Waals surface area contributed by atoms with Crippen LogP contribution in [-0.4, -0.2) is 59.6 Å². The molecule has 0 spiro atoms. The van der Waals surface area contributed by atoms with Gasteiger partial charge in [-0.05, 0) is 0 Å². The van der Waals surface area contributed by atoms with E-state index in [1.807, 2.05) is 4.98 Å². The Morgan fingerprint density at radius 1 is 1.39 bits per heavy atom. The van der Waals surface area contributed by atoms with Crippen LogP contribution >= 0.6 is 0 Å². The number of ether oxygens (including phenoxy) is 1. The van der Waals surface area contributed by atoms with Gasteiger partial charge in [0.2, 0.25) is 0 Å². The van der Waals surface area contributed by atoms with Gasteiger partial charge in [-0.2, -0.15) is 13.1 Å². The fourth-order valence-corrected chi connectivity index (χ4v) is 2.85. The Kier molecular flexibility index (Phi) is 5.33. The zero-order valence-electron chi connectivity index (χ0n) is 12.1. The van der Waals surface area contributed by atoms with Crippen LogP contribution in [0.5, 0.6) is 0 Å². The first kappa shape index (κ1) is 17.8. The molecule has 23 heavy (non-hydrogen) atoms. The number of hydrogen-bond donors (Lipinski definition) is 4. The number of aliphatic hydroxyl groups is 2. The Balaban J connectivity index is 2.12. The Morgan fingerprint density at radius 3 is 2.70 bits per heavy atom. The SMILES string of the molecule is CCNS(=O)(=O)OC[C@H]1O[C@@H](n2ccc(=O)[nH]c2=O)C(O)C1O. The van der Waals surface area contributed by atoms with Crippen LogP contribution in [0.1, 0.15) is 13.2 Å². The van der Waals surface area contributed by atoms with Gasteiger partial charge >= 0.3 is 16.0 Å². The maximum atomic E-state index is 11.7. The first-order valence-electron chi connectivity index (χ1n) is 6.72. The number of nitrogens with zero attached hydrogens (tertiary/aromatic N) is 1. The first-order chi connectivity index (χ1) is 10.7. The van der Waals surface area contributed by atoms with E-state index in [9.17, 15) is 28.2 Å². The highest BCUT2D eigenvalue weighted by Crippen LogP contribution is 2.28. The maximum Gasteiger partial charge on any atom is 0.335 e. The molecule has 2 rings (SSSR count). The third kappa shape index (κ3) is 4.04. The van der Waals surface area contributed by atoms with E-state index in [1.54, 1.807) is 6.92 Å². The molecule has 0 aromatic carbocycles. The van der Waals surface area contributed by atoms with Gasteiger partial charge in [-0.25, -0.2) is 4.79 Å². The van der Waals surface area contributed by atoms with Crippen molar-refractivity contribution in [3.63, 3.8) is 0 Å². The maximum absolute atomic E-state index is 11.7. The van der Waals surface area contributed by atoms with Crippen molar-refractivity contribution in [2.24, 2.45) is 0 Å². The van der Waals surface area contributed by atoms with Crippen molar-refractivity contribution in [1.29, 1.82) is 0 Å². The molecule has 12 heteroatoms. The molecule has 1 aliphatic rings. The molecule has 0 radical (unpaired) electrons. The third-order valence-electron chi connectivity index (χ3n) is 3.17. The molecule has 2 unspecified atom stereocenters. The van der Waals surface area contributed by atoms with Crippen molar-refractivity contribution in [1.82, 2.24) is 14.3 Å². The molecule has 1 aromatic rings. The van der Waals surface area contributed by atoms with Crippen LogP contribution in [0.3, 0.4) is 0 Å². The van der Waals surface area contributed by atoms with Gasteiger partial charge in [0.05, 0.1) is 6.61 Å². The van der Waals surface area contributed by atoms with Crippen LogP contribution in [0.15, 0.2) is 21.9 Å². The lowest BCUT2D eigenvalue weighted by atomic mass is 10.1. The van der Waals surface area contributed by atoms with Crippen molar-refractivity contribution < 1.29 is 27.6 Å². The van der Waals surface area contributed by atoms with Gasteiger partial charge in [0, 0.05) is 18.8 Å². The topological polar surface area (TPSA) is 160 Å². The fraction of sp³-hybridized carbons (Fsp3) is 0.636. The Hall–Kier alpha value is -1.57. The largest absolute Gasteiger partial charge is 0.387 e. The predicted octanol–water partition coefficient (Wildman–Crippen LogP) is -2.97. The summed E-state index contributed by atoms with van der Waals surface area (Å²) in [4.78, 5) is 24.7. The molecular formula is C11H17N3O8S. The highest BCUT2D eigenvalue weighted by molar-refractivity contribution is 7.84. The van der Waals surface area contributed by atoms with Gasteiger partial charge in [-0.15, -0.1) is 0 Å². The third-order valence-corrected chi connectivity index (χ3v) is 4.26. The summed E-state index contributed by atoms with van der Waals surface area (Å²) >= 11 is 0. The first-order valence-corrected chi connectivity index (χ1v) is 8.13. The smallest absolute Gasteiger partial charge is 0.335 e. The van der Waals surface area contributed by atoms with Gasteiger partial charge in [0.25, 0.3) is 5.56 Å². The molecule has 1 aromatic heterocycles. The molecule has 0 amide bonds. The van der Waals surface area contributed by atoms with E-state index in [4.69, 9.17) is 4.74 Å². The van der Waals surface area contributed by atoms with Crippen molar-refractivity contribution >= 4 is 10.3 Å². The lowest BCUT2D eigenvalue weighted by Gasteiger charge is -2.16.